The van der Waals surface area contributed by atoms with Gasteiger partial charge in [0.05, 0.1) is 30.6 Å². The van der Waals surface area contributed by atoms with Gasteiger partial charge < -0.3 is 15.3 Å². The molecule has 0 saturated carbocycles. The van der Waals surface area contributed by atoms with E-state index in [-0.39, 0.29) is 24.5 Å². The molecule has 2 unspecified atom stereocenters. The highest BCUT2D eigenvalue weighted by atomic mass is 35.5. The Hall–Kier alpha value is 0.750. The summed E-state index contributed by atoms with van der Waals surface area (Å²) in [7, 11) is 0. The number of halogens is 3. The molecule has 76 valence electrons. The third-order valence-electron chi connectivity index (χ3n) is 0.754. The van der Waals surface area contributed by atoms with Gasteiger partial charge in [0.1, 0.15) is 0 Å². The monoisotopic (exact) mass is 238 g/mol. The van der Waals surface area contributed by atoms with Crippen molar-refractivity contribution in [1.82, 2.24) is 0 Å². The standard InChI is InChI=1S/C3H6Cl2O.C3H7ClO2/c4-1-3(5)2-6;4-1-3(6)2-5/h3,6H,1-2H2;3,5-6H,1-2H2. The van der Waals surface area contributed by atoms with E-state index in [0.29, 0.717) is 5.88 Å². The Bertz CT molecular complexity index is 66.4. The number of rotatable bonds is 4. The van der Waals surface area contributed by atoms with Gasteiger partial charge >= 0.3 is 0 Å². The van der Waals surface area contributed by atoms with Gasteiger partial charge in [-0.25, -0.2) is 0 Å². The zero-order chi connectivity index (χ0) is 9.98. The highest BCUT2D eigenvalue weighted by Gasteiger charge is 1.95. The second-order valence-electron chi connectivity index (χ2n) is 1.92. The fourth-order valence-electron chi connectivity index (χ4n) is 0.0976. The Balaban J connectivity index is 0. The molecular weight excluding hydrogens is 226 g/mol. The lowest BCUT2D eigenvalue weighted by molar-refractivity contribution is 0.112. The first-order valence-electron chi connectivity index (χ1n) is 3.28. The maximum absolute atomic E-state index is 8.28. The van der Waals surface area contributed by atoms with E-state index in [1.165, 1.54) is 0 Å². The minimum Gasteiger partial charge on any atom is -0.395 e. The molecule has 0 radical (unpaired) electrons. The molecule has 0 aliphatic rings. The van der Waals surface area contributed by atoms with Crippen LogP contribution in [-0.2, 0) is 0 Å². The first-order valence-corrected chi connectivity index (χ1v) is 4.78. The minimum absolute atomic E-state index is 0.0367. The lowest BCUT2D eigenvalue weighted by atomic mass is 10.5. The van der Waals surface area contributed by atoms with Crippen LogP contribution in [0.1, 0.15) is 0 Å². The Morgan fingerprint density at radius 1 is 1.00 bits per heavy atom. The molecule has 0 fully saturated rings. The average Bonchev–Trinajstić information content (AvgIpc) is 2.16. The number of alkyl halides is 3. The van der Waals surface area contributed by atoms with Crippen LogP contribution in [0.15, 0.2) is 0 Å². The largest absolute Gasteiger partial charge is 0.395 e. The SMILES string of the molecule is OCC(Cl)CCl.OCC(O)CCl. The lowest BCUT2D eigenvalue weighted by Crippen LogP contribution is -2.12. The number of hydrogen-bond acceptors (Lipinski definition) is 3. The van der Waals surface area contributed by atoms with Gasteiger partial charge in [0.2, 0.25) is 0 Å². The fraction of sp³-hybridized carbons (Fsp3) is 1.00. The summed E-state index contributed by atoms with van der Waals surface area (Å²) < 4.78 is 0. The topological polar surface area (TPSA) is 60.7 Å². The summed E-state index contributed by atoms with van der Waals surface area (Å²) in [6, 6.07) is 0. The second kappa shape index (κ2) is 11.8. The Morgan fingerprint density at radius 3 is 1.50 bits per heavy atom. The summed E-state index contributed by atoms with van der Waals surface area (Å²) in [6.07, 6.45) is -0.744. The van der Waals surface area contributed by atoms with Crippen molar-refractivity contribution in [2.75, 3.05) is 25.0 Å². The Kier molecular flexibility index (Phi) is 14.9. The van der Waals surface area contributed by atoms with Crippen LogP contribution in [0.25, 0.3) is 0 Å². The molecule has 3 nitrogen and oxygen atoms in total. The van der Waals surface area contributed by atoms with Gasteiger partial charge in [0, 0.05) is 5.88 Å². The van der Waals surface area contributed by atoms with Gasteiger partial charge in [0.15, 0.2) is 0 Å². The maximum Gasteiger partial charge on any atom is 0.0905 e. The molecule has 0 aliphatic heterocycles. The number of hydrogen-bond donors (Lipinski definition) is 3. The maximum atomic E-state index is 8.28. The van der Waals surface area contributed by atoms with Gasteiger partial charge in [-0.05, 0) is 0 Å². The van der Waals surface area contributed by atoms with Crippen LogP contribution < -0.4 is 0 Å². The summed E-state index contributed by atoms with van der Waals surface area (Å²) in [4.78, 5) is 0. The van der Waals surface area contributed by atoms with Crippen molar-refractivity contribution in [3.8, 4) is 0 Å². The van der Waals surface area contributed by atoms with E-state index in [1.807, 2.05) is 0 Å². The van der Waals surface area contributed by atoms with Gasteiger partial charge in [-0.15, -0.1) is 34.8 Å². The van der Waals surface area contributed by atoms with Crippen LogP contribution >= 0.6 is 34.8 Å². The van der Waals surface area contributed by atoms with Gasteiger partial charge in [-0.1, -0.05) is 0 Å². The minimum atomic E-state index is -0.744. The van der Waals surface area contributed by atoms with Crippen molar-refractivity contribution in [3.05, 3.63) is 0 Å². The van der Waals surface area contributed by atoms with E-state index in [9.17, 15) is 0 Å². The van der Waals surface area contributed by atoms with Crippen LogP contribution in [-0.4, -0.2) is 51.8 Å². The molecule has 3 N–H and O–H groups in total. The van der Waals surface area contributed by atoms with E-state index in [4.69, 9.17) is 50.1 Å². The highest BCUT2D eigenvalue weighted by Crippen LogP contribution is 1.94. The smallest absolute Gasteiger partial charge is 0.0905 e. The van der Waals surface area contributed by atoms with Crippen molar-refractivity contribution in [2.24, 2.45) is 0 Å². The van der Waals surface area contributed by atoms with E-state index >= 15 is 0 Å². The zero-order valence-corrected chi connectivity index (χ0v) is 8.73. The molecule has 6 heteroatoms. The van der Waals surface area contributed by atoms with E-state index in [0.717, 1.165) is 0 Å². The molecule has 0 aromatic carbocycles. The third-order valence-corrected chi connectivity index (χ3v) is 1.93. The second-order valence-corrected chi connectivity index (χ2v) is 3.16. The predicted molar refractivity (Wildman–Crippen MR) is 51.3 cm³/mol. The summed E-state index contributed by atoms with van der Waals surface area (Å²) in [6.45, 7) is -0.283. The molecule has 0 spiro atoms. The van der Waals surface area contributed by atoms with E-state index in [2.05, 4.69) is 0 Å². The summed E-state index contributed by atoms with van der Waals surface area (Å²) in [5.41, 5.74) is 0. The van der Waals surface area contributed by atoms with Gasteiger partial charge in [-0.2, -0.15) is 0 Å². The highest BCUT2D eigenvalue weighted by molar-refractivity contribution is 6.28. The molecule has 0 aromatic heterocycles. The molecule has 0 saturated heterocycles. The van der Waals surface area contributed by atoms with Crippen molar-refractivity contribution in [1.29, 1.82) is 0 Å². The fourth-order valence-corrected chi connectivity index (χ4v) is 0.293. The molecule has 2 atom stereocenters. The molecule has 12 heavy (non-hydrogen) atoms. The summed E-state index contributed by atoms with van der Waals surface area (Å²) in [5.74, 6) is 0.425. The molecule has 0 aliphatic carbocycles. The van der Waals surface area contributed by atoms with Crippen LogP contribution in [0.2, 0.25) is 0 Å². The van der Waals surface area contributed by atoms with Crippen molar-refractivity contribution in [2.45, 2.75) is 11.5 Å². The summed E-state index contributed by atoms with van der Waals surface area (Å²) in [5, 5.41) is 24.1. The predicted octanol–water partition coefficient (Wildman–Crippen LogP) is 0.403. The van der Waals surface area contributed by atoms with E-state index in [1.54, 1.807) is 0 Å². The van der Waals surface area contributed by atoms with Gasteiger partial charge in [0.25, 0.3) is 0 Å². The van der Waals surface area contributed by atoms with Gasteiger partial charge in [-0.3, -0.25) is 0 Å². The lowest BCUT2D eigenvalue weighted by Gasteiger charge is -1.95. The van der Waals surface area contributed by atoms with Crippen LogP contribution in [0.5, 0.6) is 0 Å². The first kappa shape index (κ1) is 15.2. The molecule has 0 rings (SSSR count). The molecule has 0 bridgehead atoms. The van der Waals surface area contributed by atoms with Crippen LogP contribution in [0.3, 0.4) is 0 Å². The van der Waals surface area contributed by atoms with Crippen LogP contribution in [0, 0.1) is 0 Å². The molecular formula is C6H13Cl3O3. The molecule has 0 heterocycles. The van der Waals surface area contributed by atoms with Crippen molar-refractivity contribution < 1.29 is 15.3 Å². The molecule has 0 amide bonds. The van der Waals surface area contributed by atoms with E-state index < -0.39 is 6.10 Å². The third kappa shape index (κ3) is 13.3. The van der Waals surface area contributed by atoms with Crippen LogP contribution in [0.4, 0.5) is 0 Å². The quantitative estimate of drug-likeness (QED) is 0.623. The van der Waals surface area contributed by atoms with Crippen molar-refractivity contribution >= 4 is 34.8 Å². The first-order chi connectivity index (χ1) is 5.62. The Morgan fingerprint density at radius 2 is 1.50 bits per heavy atom. The molecule has 0 aromatic rings. The summed E-state index contributed by atoms with van der Waals surface area (Å²) >= 11 is 15.5. The number of aliphatic hydroxyl groups excluding tert-OH is 3. The number of aliphatic hydroxyl groups is 3. The average molecular weight is 240 g/mol. The van der Waals surface area contributed by atoms with Crippen molar-refractivity contribution in [3.63, 3.8) is 0 Å². The normalized spacial score (nSPS) is 14.5. The Labute approximate surface area is 86.9 Å². The zero-order valence-electron chi connectivity index (χ0n) is 6.46.